The Kier molecular flexibility index (Phi) is 6.77. The number of amides is 2. The third-order valence-electron chi connectivity index (χ3n) is 7.75. The summed E-state index contributed by atoms with van der Waals surface area (Å²) in [5.41, 5.74) is 1.20. The molecule has 6 nitrogen and oxygen atoms in total. The SMILES string of the molecule is COc1cccc(C[C@H]2[C@H]3C[C@H](CN(C(=O)[C@H]4CCCN4)C3)[C@@H]3CCCC(=O)N32)c1.Cl. The molecular formula is C24H34ClN3O3. The van der Waals surface area contributed by atoms with Gasteiger partial charge >= 0.3 is 0 Å². The highest BCUT2D eigenvalue weighted by molar-refractivity contribution is 5.85. The molecule has 1 N–H and O–H groups in total. The normalized spacial score (nSPS) is 32.3. The largest absolute Gasteiger partial charge is 0.497 e. The number of nitrogens with zero attached hydrogens (tertiary/aromatic N) is 2. The van der Waals surface area contributed by atoms with E-state index in [2.05, 4.69) is 27.2 Å². The molecule has 4 fully saturated rings. The van der Waals surface area contributed by atoms with Gasteiger partial charge in [0.2, 0.25) is 11.8 Å². The lowest BCUT2D eigenvalue weighted by Gasteiger charge is -2.57. The minimum absolute atomic E-state index is 0. The van der Waals surface area contributed by atoms with E-state index in [-0.39, 0.29) is 36.4 Å². The number of benzene rings is 1. The van der Waals surface area contributed by atoms with Gasteiger partial charge in [0.05, 0.1) is 13.2 Å². The second-order valence-electron chi connectivity index (χ2n) is 9.53. The van der Waals surface area contributed by atoms with E-state index in [9.17, 15) is 9.59 Å². The van der Waals surface area contributed by atoms with Gasteiger partial charge in [-0.25, -0.2) is 0 Å². The van der Waals surface area contributed by atoms with Crippen molar-refractivity contribution in [1.29, 1.82) is 0 Å². The van der Waals surface area contributed by atoms with Gasteiger partial charge in [-0.15, -0.1) is 12.4 Å². The Morgan fingerprint density at radius 1 is 1.19 bits per heavy atom. The van der Waals surface area contributed by atoms with E-state index in [1.165, 1.54) is 5.56 Å². The molecule has 2 amide bonds. The van der Waals surface area contributed by atoms with Crippen molar-refractivity contribution in [3.63, 3.8) is 0 Å². The summed E-state index contributed by atoms with van der Waals surface area (Å²) in [6.45, 7) is 2.53. The summed E-state index contributed by atoms with van der Waals surface area (Å²) in [5, 5.41) is 3.38. The summed E-state index contributed by atoms with van der Waals surface area (Å²) in [5.74, 6) is 2.21. The first kappa shape index (κ1) is 22.4. The smallest absolute Gasteiger partial charge is 0.239 e. The Morgan fingerprint density at radius 2 is 2.03 bits per heavy atom. The van der Waals surface area contributed by atoms with Crippen LogP contribution in [0.2, 0.25) is 0 Å². The highest BCUT2D eigenvalue weighted by atomic mass is 35.5. The predicted molar refractivity (Wildman–Crippen MR) is 121 cm³/mol. The van der Waals surface area contributed by atoms with Crippen LogP contribution in [0.1, 0.15) is 44.1 Å². The molecule has 31 heavy (non-hydrogen) atoms. The number of hydrogen-bond acceptors (Lipinski definition) is 4. The maximum absolute atomic E-state index is 13.2. The lowest BCUT2D eigenvalue weighted by atomic mass is 9.70. The van der Waals surface area contributed by atoms with Crippen molar-refractivity contribution in [2.75, 3.05) is 26.7 Å². The summed E-state index contributed by atoms with van der Waals surface area (Å²) in [4.78, 5) is 30.5. The first-order valence-corrected chi connectivity index (χ1v) is 11.6. The molecule has 4 aliphatic rings. The lowest BCUT2D eigenvalue weighted by Crippen LogP contribution is -2.66. The molecule has 0 spiro atoms. The molecule has 4 saturated heterocycles. The summed E-state index contributed by atoms with van der Waals surface area (Å²) in [6, 6.07) is 8.65. The molecule has 0 aromatic heterocycles. The molecule has 7 heteroatoms. The number of hydrogen-bond donors (Lipinski definition) is 1. The number of fused-ring (bicyclic) bond motifs is 4. The number of halogens is 1. The third-order valence-corrected chi connectivity index (χ3v) is 7.75. The van der Waals surface area contributed by atoms with E-state index in [4.69, 9.17) is 4.74 Å². The van der Waals surface area contributed by atoms with E-state index in [1.807, 2.05) is 12.1 Å². The lowest BCUT2D eigenvalue weighted by molar-refractivity contribution is -0.156. The molecule has 170 valence electrons. The molecule has 0 saturated carbocycles. The van der Waals surface area contributed by atoms with Crippen LogP contribution in [-0.2, 0) is 16.0 Å². The molecule has 5 rings (SSSR count). The summed E-state index contributed by atoms with van der Waals surface area (Å²) in [6.07, 6.45) is 6.71. The van der Waals surface area contributed by atoms with Crippen molar-refractivity contribution >= 4 is 24.2 Å². The summed E-state index contributed by atoms with van der Waals surface area (Å²) >= 11 is 0. The van der Waals surface area contributed by atoms with Crippen molar-refractivity contribution in [3.05, 3.63) is 29.8 Å². The third kappa shape index (κ3) is 4.29. The fraction of sp³-hybridized carbons (Fsp3) is 0.667. The van der Waals surface area contributed by atoms with Crippen LogP contribution in [0, 0.1) is 11.8 Å². The van der Waals surface area contributed by atoms with Gasteiger partial charge < -0.3 is 19.9 Å². The Balaban J connectivity index is 0.00000231. The predicted octanol–water partition coefficient (Wildman–Crippen LogP) is 2.64. The second kappa shape index (κ2) is 9.37. The first-order chi connectivity index (χ1) is 14.6. The zero-order valence-corrected chi connectivity index (χ0v) is 19.1. The molecule has 0 unspecified atom stereocenters. The summed E-state index contributed by atoms with van der Waals surface area (Å²) in [7, 11) is 1.69. The Hall–Kier alpha value is -1.79. The zero-order chi connectivity index (χ0) is 20.7. The minimum Gasteiger partial charge on any atom is -0.497 e. The van der Waals surface area contributed by atoms with Crippen LogP contribution in [0.3, 0.4) is 0 Å². The van der Waals surface area contributed by atoms with E-state index in [1.54, 1.807) is 7.11 Å². The van der Waals surface area contributed by atoms with Gasteiger partial charge in [-0.3, -0.25) is 9.59 Å². The molecule has 4 heterocycles. The fourth-order valence-electron chi connectivity index (χ4n) is 6.37. The van der Waals surface area contributed by atoms with Crippen LogP contribution in [-0.4, -0.2) is 66.5 Å². The number of piperidine rings is 3. The average Bonchev–Trinajstić information content (AvgIpc) is 3.31. The van der Waals surface area contributed by atoms with Crippen LogP contribution in [0.25, 0.3) is 0 Å². The van der Waals surface area contributed by atoms with E-state index >= 15 is 0 Å². The topological polar surface area (TPSA) is 61.9 Å². The number of rotatable bonds is 4. The Labute approximate surface area is 191 Å². The van der Waals surface area contributed by atoms with Gasteiger partial charge in [0.1, 0.15) is 5.75 Å². The monoisotopic (exact) mass is 447 g/mol. The number of carbonyl (C=O) groups is 2. The van der Waals surface area contributed by atoms with Crippen molar-refractivity contribution in [3.8, 4) is 5.75 Å². The van der Waals surface area contributed by atoms with Crippen molar-refractivity contribution in [1.82, 2.24) is 15.1 Å². The van der Waals surface area contributed by atoms with Gasteiger partial charge in [0.25, 0.3) is 0 Å². The van der Waals surface area contributed by atoms with Crippen LogP contribution in [0.15, 0.2) is 24.3 Å². The molecule has 0 aliphatic carbocycles. The maximum Gasteiger partial charge on any atom is 0.239 e. The fourth-order valence-corrected chi connectivity index (χ4v) is 6.37. The molecule has 1 aromatic rings. The molecule has 5 atom stereocenters. The van der Waals surface area contributed by atoms with E-state index in [0.717, 1.165) is 63.9 Å². The number of carbonyl (C=O) groups excluding carboxylic acids is 2. The number of nitrogens with one attached hydrogen (secondary N) is 1. The number of ether oxygens (including phenoxy) is 1. The highest BCUT2D eigenvalue weighted by Gasteiger charge is 2.50. The quantitative estimate of drug-likeness (QED) is 0.770. The Morgan fingerprint density at radius 3 is 2.81 bits per heavy atom. The molecular weight excluding hydrogens is 414 g/mol. The van der Waals surface area contributed by atoms with Gasteiger partial charge in [0.15, 0.2) is 0 Å². The van der Waals surface area contributed by atoms with Crippen LogP contribution in [0.4, 0.5) is 0 Å². The first-order valence-electron chi connectivity index (χ1n) is 11.6. The highest BCUT2D eigenvalue weighted by Crippen LogP contribution is 2.43. The van der Waals surface area contributed by atoms with Crippen molar-refractivity contribution in [2.24, 2.45) is 11.8 Å². The standard InChI is InChI=1S/C24H33N3O3.ClH/c1-30-19-6-2-5-16(11-19)12-22-18-13-17(21-8-3-9-23(28)27(21)22)14-26(15-18)24(29)20-7-4-10-25-20;/h2,5-6,11,17-18,20-22,25H,3-4,7-10,12-15H2,1H3;1H/t17-,18+,20-,21+,22+;/m1./s1. The molecule has 1 aromatic carbocycles. The minimum atomic E-state index is -0.00949. The molecule has 4 aliphatic heterocycles. The van der Waals surface area contributed by atoms with E-state index in [0.29, 0.717) is 24.2 Å². The van der Waals surface area contributed by atoms with Gasteiger partial charge in [0, 0.05) is 31.6 Å². The van der Waals surface area contributed by atoms with Gasteiger partial charge in [-0.1, -0.05) is 12.1 Å². The zero-order valence-electron chi connectivity index (χ0n) is 18.3. The Bertz CT molecular complexity index is 813. The molecule has 0 radical (unpaired) electrons. The van der Waals surface area contributed by atoms with Crippen LogP contribution < -0.4 is 10.1 Å². The van der Waals surface area contributed by atoms with Crippen molar-refractivity contribution < 1.29 is 14.3 Å². The van der Waals surface area contributed by atoms with Crippen LogP contribution >= 0.6 is 12.4 Å². The van der Waals surface area contributed by atoms with Crippen molar-refractivity contribution in [2.45, 2.75) is 63.1 Å². The second-order valence-corrected chi connectivity index (χ2v) is 9.53. The van der Waals surface area contributed by atoms with Crippen LogP contribution in [0.5, 0.6) is 5.75 Å². The molecule has 2 bridgehead atoms. The number of likely N-dealkylation sites (tertiary alicyclic amines) is 1. The van der Waals surface area contributed by atoms with E-state index < -0.39 is 0 Å². The average molecular weight is 448 g/mol. The number of methoxy groups -OCH3 is 1. The van der Waals surface area contributed by atoms with Gasteiger partial charge in [-0.05, 0) is 74.6 Å². The maximum atomic E-state index is 13.2. The summed E-state index contributed by atoms with van der Waals surface area (Å²) < 4.78 is 5.42. The van der Waals surface area contributed by atoms with Gasteiger partial charge in [-0.2, -0.15) is 0 Å².